The summed E-state index contributed by atoms with van der Waals surface area (Å²) in [4.78, 5) is 17.6. The first-order chi connectivity index (χ1) is 9.67. The molecule has 1 aliphatic rings. The van der Waals surface area contributed by atoms with E-state index in [1.54, 1.807) is 19.5 Å². The fourth-order valence-corrected chi connectivity index (χ4v) is 1.66. The number of methoxy groups -OCH3 is 1. The van der Waals surface area contributed by atoms with Crippen molar-refractivity contribution in [3.05, 3.63) is 34.4 Å². The summed E-state index contributed by atoms with van der Waals surface area (Å²) in [6.45, 7) is 1.91. The lowest BCUT2D eigenvalue weighted by Gasteiger charge is -2.12. The zero-order chi connectivity index (χ0) is 14.8. The molecule has 0 atom stereocenters. The minimum absolute atomic E-state index is 0.405. The lowest BCUT2D eigenvalue weighted by Crippen LogP contribution is -2.20. The Morgan fingerprint density at radius 2 is 2.20 bits per heavy atom. The monoisotopic (exact) mass is 318 g/mol. The molecule has 0 radical (unpaired) electrons. The summed E-state index contributed by atoms with van der Waals surface area (Å²) in [5, 5.41) is 11.4. The third-order valence-corrected chi connectivity index (χ3v) is 2.70. The van der Waals surface area contributed by atoms with Gasteiger partial charge in [0, 0.05) is 6.54 Å². The summed E-state index contributed by atoms with van der Waals surface area (Å²) < 4.78 is 8.54. The number of thiol groups is 1. The average Bonchev–Trinajstić information content (AvgIpc) is 2.49. The minimum atomic E-state index is -0.933. The summed E-state index contributed by atoms with van der Waals surface area (Å²) in [5.74, 6) is 1.51. The number of hydrogen-bond donors (Lipinski definition) is 2. The predicted octanol–water partition coefficient (Wildman–Crippen LogP) is 1.55. The summed E-state index contributed by atoms with van der Waals surface area (Å²) in [7, 11) is 1.61. The van der Waals surface area contributed by atoms with E-state index in [0.717, 1.165) is 25.3 Å². The van der Waals surface area contributed by atoms with Gasteiger partial charge in [-0.15, -0.1) is 10.1 Å². The first-order valence-corrected chi connectivity index (χ1v) is 7.35. The van der Waals surface area contributed by atoms with Gasteiger partial charge in [-0.05, 0) is 18.5 Å². The smallest absolute Gasteiger partial charge is 0.307 e. The quantitative estimate of drug-likeness (QED) is 0.284. The van der Waals surface area contributed by atoms with Gasteiger partial charge >= 0.3 is 5.09 Å². The second-order valence-corrected chi connectivity index (χ2v) is 4.25. The molecule has 2 rings (SSSR count). The van der Waals surface area contributed by atoms with Crippen LogP contribution in [-0.4, -0.2) is 35.3 Å². The highest BCUT2D eigenvalue weighted by molar-refractivity contribution is 8.66. The molecule has 0 spiro atoms. The highest BCUT2D eigenvalue weighted by atomic mass is 33.1. The number of ether oxygens (including phenoxy) is 1. The maximum atomic E-state index is 9.11. The van der Waals surface area contributed by atoms with Crippen LogP contribution >= 0.6 is 22.7 Å². The van der Waals surface area contributed by atoms with E-state index in [1.165, 1.54) is 5.57 Å². The van der Waals surface area contributed by atoms with Crippen molar-refractivity contribution >= 4 is 28.3 Å². The zero-order valence-electron chi connectivity index (χ0n) is 10.7. The molecule has 0 aromatic carbocycles. The van der Waals surface area contributed by atoms with Crippen LogP contribution in [0.25, 0.3) is 5.57 Å². The van der Waals surface area contributed by atoms with Gasteiger partial charge in [-0.1, -0.05) is 17.7 Å². The van der Waals surface area contributed by atoms with Crippen molar-refractivity contribution in [3.63, 3.8) is 0 Å². The van der Waals surface area contributed by atoms with Gasteiger partial charge in [-0.25, -0.2) is 14.3 Å². The van der Waals surface area contributed by atoms with E-state index in [1.807, 2.05) is 0 Å². The molecule has 1 N–H and O–H groups in total. The molecule has 8 nitrogen and oxygen atoms in total. The van der Waals surface area contributed by atoms with Gasteiger partial charge < -0.3 is 10.1 Å². The molecule has 110 valence electrons. The normalized spacial score (nSPS) is 13.6. The lowest BCUT2D eigenvalue weighted by atomic mass is 10.1. The lowest BCUT2D eigenvalue weighted by molar-refractivity contribution is -0.706. The van der Waals surface area contributed by atoms with Gasteiger partial charge in [0.1, 0.15) is 11.1 Å². The summed E-state index contributed by atoms with van der Waals surface area (Å²) in [6, 6.07) is 0. The van der Waals surface area contributed by atoms with Gasteiger partial charge in [0.25, 0.3) is 0 Å². The largest absolute Gasteiger partial charge is 0.494 e. The minimum Gasteiger partial charge on any atom is -0.494 e. The predicted molar refractivity (Wildman–Crippen MR) is 78.7 cm³/mol. The van der Waals surface area contributed by atoms with Crippen molar-refractivity contribution < 1.29 is 14.1 Å². The number of nitrogens with one attached hydrogen (secondary N) is 1. The second-order valence-electron chi connectivity index (χ2n) is 3.50. The van der Waals surface area contributed by atoms with E-state index in [0.29, 0.717) is 16.8 Å². The molecule has 2 heterocycles. The summed E-state index contributed by atoms with van der Waals surface area (Å²) in [6.07, 6.45) is 6.52. The topological polar surface area (TPSA) is 99.4 Å². The van der Waals surface area contributed by atoms with Crippen LogP contribution in [0.1, 0.15) is 12.2 Å². The van der Waals surface area contributed by atoms with Crippen molar-refractivity contribution in [1.29, 1.82) is 0 Å². The number of rotatable bonds is 4. The maximum Gasteiger partial charge on any atom is 0.307 e. The molecule has 0 bridgehead atoms. The Hall–Kier alpha value is -1.52. The molecule has 1 aromatic rings. The van der Waals surface area contributed by atoms with Crippen LogP contribution in [-0.2, 0) is 4.28 Å². The average molecular weight is 318 g/mol. The first-order valence-electron chi connectivity index (χ1n) is 5.56. The van der Waals surface area contributed by atoms with Crippen molar-refractivity contribution in [2.75, 3.05) is 20.2 Å². The molecular formula is C10H14N4O4S2. The van der Waals surface area contributed by atoms with Crippen molar-refractivity contribution in [2.24, 2.45) is 0 Å². The second kappa shape index (κ2) is 9.39. The van der Waals surface area contributed by atoms with E-state index in [-0.39, 0.29) is 0 Å². The van der Waals surface area contributed by atoms with Crippen LogP contribution in [0.15, 0.2) is 18.5 Å². The SMILES string of the molecule is COc1cnc(C2=CCNCC2)nc1.O=[N+]([O-])OSS. The zero-order valence-corrected chi connectivity index (χ0v) is 12.4. The molecule has 1 aromatic heterocycles. The highest BCUT2D eigenvalue weighted by Crippen LogP contribution is 2.16. The summed E-state index contributed by atoms with van der Waals surface area (Å²) in [5.41, 5.74) is 1.21. The third kappa shape index (κ3) is 6.08. The Labute approximate surface area is 125 Å². The molecule has 0 amide bonds. The van der Waals surface area contributed by atoms with Crippen LogP contribution in [0, 0.1) is 10.1 Å². The maximum absolute atomic E-state index is 9.11. The van der Waals surface area contributed by atoms with E-state index >= 15 is 0 Å². The van der Waals surface area contributed by atoms with Gasteiger partial charge in [0.15, 0.2) is 11.6 Å². The fraction of sp³-hybridized carbons (Fsp3) is 0.400. The number of nitrogens with zero attached hydrogens (tertiary/aromatic N) is 3. The van der Waals surface area contributed by atoms with E-state index in [2.05, 4.69) is 37.3 Å². The van der Waals surface area contributed by atoms with Gasteiger partial charge in [0.05, 0.1) is 19.5 Å². The molecule has 0 aliphatic carbocycles. The van der Waals surface area contributed by atoms with Crippen molar-refractivity contribution in [2.45, 2.75) is 6.42 Å². The van der Waals surface area contributed by atoms with E-state index in [4.69, 9.17) is 14.9 Å². The molecule has 0 saturated heterocycles. The van der Waals surface area contributed by atoms with Gasteiger partial charge in [-0.3, -0.25) is 0 Å². The third-order valence-electron chi connectivity index (χ3n) is 2.31. The Kier molecular flexibility index (Phi) is 7.77. The van der Waals surface area contributed by atoms with Gasteiger partial charge in [0.2, 0.25) is 0 Å². The summed E-state index contributed by atoms with van der Waals surface area (Å²) >= 11 is 3.72. The fourth-order valence-electron chi connectivity index (χ4n) is 1.44. The number of hydrogen-bond acceptors (Lipinski definition) is 9. The molecule has 0 saturated carbocycles. The molecule has 0 fully saturated rings. The van der Waals surface area contributed by atoms with Crippen molar-refractivity contribution in [1.82, 2.24) is 15.3 Å². The first kappa shape index (κ1) is 16.5. The van der Waals surface area contributed by atoms with Crippen molar-refractivity contribution in [3.8, 4) is 5.75 Å². The van der Waals surface area contributed by atoms with Crippen LogP contribution in [0.4, 0.5) is 0 Å². The molecule has 20 heavy (non-hydrogen) atoms. The molecule has 0 unspecified atom stereocenters. The van der Waals surface area contributed by atoms with Gasteiger partial charge in [-0.2, -0.15) is 0 Å². The Balaban J connectivity index is 0.000000286. The van der Waals surface area contributed by atoms with Crippen LogP contribution in [0.5, 0.6) is 5.75 Å². The number of aromatic nitrogens is 2. The Morgan fingerprint density at radius 3 is 2.60 bits per heavy atom. The molecule has 10 heteroatoms. The molecular weight excluding hydrogens is 304 g/mol. The standard InChI is InChI=1S/C10H13N3O.HNO3S2/c1-14-9-6-12-10(13-7-9)8-2-4-11-5-3-8;2-1(3)4-6-5/h2,6-7,11H,3-5H2,1H3;5H. The highest BCUT2D eigenvalue weighted by Gasteiger charge is 2.07. The van der Waals surface area contributed by atoms with Crippen LogP contribution in [0.3, 0.4) is 0 Å². The Bertz CT molecular complexity index is 455. The van der Waals surface area contributed by atoms with Crippen LogP contribution < -0.4 is 10.1 Å². The van der Waals surface area contributed by atoms with E-state index < -0.39 is 5.09 Å². The Morgan fingerprint density at radius 1 is 1.50 bits per heavy atom. The van der Waals surface area contributed by atoms with Crippen LogP contribution in [0.2, 0.25) is 0 Å². The van der Waals surface area contributed by atoms with E-state index in [9.17, 15) is 0 Å². The molecule has 1 aliphatic heterocycles.